The first-order valence-electron chi connectivity index (χ1n) is 6.12. The molecule has 1 aliphatic rings. The normalized spacial score (nSPS) is 15.3. The monoisotopic (exact) mass is 272 g/mol. The molecule has 3 nitrogen and oxygen atoms in total. The molecular formula is C13H15F3N2O. The third-order valence-corrected chi connectivity index (χ3v) is 2.87. The molecule has 0 bridgehead atoms. The predicted molar refractivity (Wildman–Crippen MR) is 64.3 cm³/mol. The van der Waals surface area contributed by atoms with Crippen molar-refractivity contribution in [2.45, 2.75) is 31.6 Å². The average molecular weight is 272 g/mol. The zero-order valence-corrected chi connectivity index (χ0v) is 10.3. The largest absolute Gasteiger partial charge is 0.416 e. The third-order valence-electron chi connectivity index (χ3n) is 2.87. The number of amides is 1. The summed E-state index contributed by atoms with van der Waals surface area (Å²) in [5.41, 5.74) is -0.515. The van der Waals surface area contributed by atoms with Crippen molar-refractivity contribution in [3.63, 3.8) is 0 Å². The van der Waals surface area contributed by atoms with Gasteiger partial charge in [-0.3, -0.25) is 4.79 Å². The van der Waals surface area contributed by atoms with E-state index in [9.17, 15) is 18.0 Å². The van der Waals surface area contributed by atoms with Crippen molar-refractivity contribution in [2.75, 3.05) is 6.54 Å². The molecule has 1 aromatic carbocycles. The zero-order chi connectivity index (χ0) is 13.9. The Kier molecular flexibility index (Phi) is 4.09. The standard InChI is InChI=1S/C13H15F3N2O/c14-13(15,16)11-4-2-1-3-9(11)7-17-8-12(19)18-10-5-6-10/h1-4,10,17H,5-8H2,(H,18,19). The lowest BCUT2D eigenvalue weighted by atomic mass is 10.1. The summed E-state index contributed by atoms with van der Waals surface area (Å²) >= 11 is 0. The molecule has 1 fully saturated rings. The van der Waals surface area contributed by atoms with Crippen LogP contribution in [0.25, 0.3) is 0 Å². The van der Waals surface area contributed by atoms with Gasteiger partial charge in [0, 0.05) is 12.6 Å². The van der Waals surface area contributed by atoms with Crippen molar-refractivity contribution in [3.8, 4) is 0 Å². The Hall–Kier alpha value is -1.56. The fraction of sp³-hybridized carbons (Fsp3) is 0.462. The summed E-state index contributed by atoms with van der Waals surface area (Å²) in [6, 6.07) is 5.62. The molecule has 104 valence electrons. The summed E-state index contributed by atoms with van der Waals surface area (Å²) in [4.78, 5) is 11.4. The first-order chi connectivity index (χ1) is 8.97. The van der Waals surface area contributed by atoms with E-state index in [0.29, 0.717) is 0 Å². The predicted octanol–water partition coefficient (Wildman–Crippen LogP) is 2.07. The molecule has 1 aromatic rings. The van der Waals surface area contributed by atoms with Crippen LogP contribution in [-0.2, 0) is 17.5 Å². The van der Waals surface area contributed by atoms with E-state index in [1.54, 1.807) is 6.07 Å². The smallest absolute Gasteiger partial charge is 0.352 e. The SMILES string of the molecule is O=C(CNCc1ccccc1C(F)(F)F)NC1CC1. The molecule has 0 aromatic heterocycles. The molecule has 0 aliphatic heterocycles. The molecular weight excluding hydrogens is 257 g/mol. The topological polar surface area (TPSA) is 41.1 Å². The van der Waals surface area contributed by atoms with Crippen molar-refractivity contribution in [1.29, 1.82) is 0 Å². The van der Waals surface area contributed by atoms with E-state index in [4.69, 9.17) is 0 Å². The van der Waals surface area contributed by atoms with Crippen LogP contribution in [0, 0.1) is 0 Å². The van der Waals surface area contributed by atoms with Gasteiger partial charge >= 0.3 is 6.18 Å². The van der Waals surface area contributed by atoms with Crippen LogP contribution in [0.1, 0.15) is 24.0 Å². The van der Waals surface area contributed by atoms with Gasteiger partial charge in [-0.05, 0) is 24.5 Å². The van der Waals surface area contributed by atoms with Crippen molar-refractivity contribution in [2.24, 2.45) is 0 Å². The number of hydrogen-bond donors (Lipinski definition) is 2. The highest BCUT2D eigenvalue weighted by Crippen LogP contribution is 2.31. The molecule has 0 saturated heterocycles. The van der Waals surface area contributed by atoms with E-state index >= 15 is 0 Å². The number of nitrogens with one attached hydrogen (secondary N) is 2. The fourth-order valence-electron chi connectivity index (χ4n) is 1.77. The van der Waals surface area contributed by atoms with Crippen LogP contribution in [0.4, 0.5) is 13.2 Å². The summed E-state index contributed by atoms with van der Waals surface area (Å²) in [7, 11) is 0. The second-order valence-electron chi connectivity index (χ2n) is 4.60. The minimum absolute atomic E-state index is 0.0216. The maximum Gasteiger partial charge on any atom is 0.416 e. The summed E-state index contributed by atoms with van der Waals surface area (Å²) in [6.45, 7) is 0.0520. The second-order valence-corrected chi connectivity index (χ2v) is 4.60. The summed E-state index contributed by atoms with van der Waals surface area (Å²) in [6.07, 6.45) is -2.39. The van der Waals surface area contributed by atoms with Crippen molar-refractivity contribution >= 4 is 5.91 Å². The van der Waals surface area contributed by atoms with Crippen LogP contribution in [0.3, 0.4) is 0 Å². The molecule has 0 unspecified atom stereocenters. The number of benzene rings is 1. The molecule has 6 heteroatoms. The van der Waals surface area contributed by atoms with Gasteiger partial charge in [-0.1, -0.05) is 18.2 Å². The minimum atomic E-state index is -4.37. The lowest BCUT2D eigenvalue weighted by Crippen LogP contribution is -2.35. The maximum atomic E-state index is 12.7. The molecule has 1 aliphatic carbocycles. The van der Waals surface area contributed by atoms with Crippen LogP contribution in [0.2, 0.25) is 0 Å². The Labute approximate surface area is 109 Å². The highest BCUT2D eigenvalue weighted by molar-refractivity contribution is 5.78. The molecule has 0 radical (unpaired) electrons. The Morgan fingerprint density at radius 1 is 1.26 bits per heavy atom. The number of halogens is 3. The van der Waals surface area contributed by atoms with Crippen LogP contribution < -0.4 is 10.6 Å². The number of carbonyl (C=O) groups excluding carboxylic acids is 1. The lowest BCUT2D eigenvalue weighted by Gasteiger charge is -2.13. The van der Waals surface area contributed by atoms with E-state index in [-0.39, 0.29) is 30.6 Å². The highest BCUT2D eigenvalue weighted by atomic mass is 19.4. The van der Waals surface area contributed by atoms with Gasteiger partial charge in [-0.25, -0.2) is 0 Å². The molecule has 1 saturated carbocycles. The molecule has 0 atom stereocenters. The minimum Gasteiger partial charge on any atom is -0.352 e. The fourth-order valence-corrected chi connectivity index (χ4v) is 1.77. The van der Waals surface area contributed by atoms with Crippen LogP contribution in [0.15, 0.2) is 24.3 Å². The average Bonchev–Trinajstić information content (AvgIpc) is 3.12. The van der Waals surface area contributed by atoms with Gasteiger partial charge in [0.25, 0.3) is 0 Å². The number of hydrogen-bond acceptors (Lipinski definition) is 2. The Balaban J connectivity index is 1.86. The van der Waals surface area contributed by atoms with E-state index in [2.05, 4.69) is 10.6 Å². The van der Waals surface area contributed by atoms with Gasteiger partial charge < -0.3 is 10.6 Å². The maximum absolute atomic E-state index is 12.7. The molecule has 1 amide bonds. The van der Waals surface area contributed by atoms with Gasteiger partial charge in [-0.15, -0.1) is 0 Å². The summed E-state index contributed by atoms with van der Waals surface area (Å²) < 4.78 is 38.1. The Morgan fingerprint density at radius 3 is 2.58 bits per heavy atom. The first-order valence-corrected chi connectivity index (χ1v) is 6.12. The van der Waals surface area contributed by atoms with E-state index in [0.717, 1.165) is 18.9 Å². The van der Waals surface area contributed by atoms with Crippen molar-refractivity contribution < 1.29 is 18.0 Å². The van der Waals surface area contributed by atoms with Crippen LogP contribution in [-0.4, -0.2) is 18.5 Å². The van der Waals surface area contributed by atoms with Gasteiger partial charge in [0.05, 0.1) is 12.1 Å². The van der Waals surface area contributed by atoms with Gasteiger partial charge in [0.2, 0.25) is 5.91 Å². The lowest BCUT2D eigenvalue weighted by molar-refractivity contribution is -0.138. The second kappa shape index (κ2) is 5.61. The molecule has 2 N–H and O–H groups in total. The van der Waals surface area contributed by atoms with Crippen molar-refractivity contribution in [1.82, 2.24) is 10.6 Å². The zero-order valence-electron chi connectivity index (χ0n) is 10.3. The number of carbonyl (C=O) groups is 1. The summed E-state index contributed by atoms with van der Waals surface area (Å²) in [5.74, 6) is -0.174. The quantitative estimate of drug-likeness (QED) is 0.861. The third kappa shape index (κ3) is 4.24. The molecule has 0 spiro atoms. The Bertz CT molecular complexity index is 455. The van der Waals surface area contributed by atoms with Gasteiger partial charge in [0.1, 0.15) is 0 Å². The highest BCUT2D eigenvalue weighted by Gasteiger charge is 2.32. The van der Waals surface area contributed by atoms with Crippen molar-refractivity contribution in [3.05, 3.63) is 35.4 Å². The number of rotatable bonds is 5. The molecule has 19 heavy (non-hydrogen) atoms. The Morgan fingerprint density at radius 2 is 1.95 bits per heavy atom. The van der Waals surface area contributed by atoms with Gasteiger partial charge in [-0.2, -0.15) is 13.2 Å². The van der Waals surface area contributed by atoms with Crippen LogP contribution in [0.5, 0.6) is 0 Å². The van der Waals surface area contributed by atoms with Crippen LogP contribution >= 0.6 is 0 Å². The van der Waals surface area contributed by atoms with Gasteiger partial charge in [0.15, 0.2) is 0 Å². The molecule has 2 rings (SSSR count). The molecule has 0 heterocycles. The van der Waals surface area contributed by atoms with E-state index < -0.39 is 11.7 Å². The van der Waals surface area contributed by atoms with E-state index in [1.807, 2.05) is 0 Å². The number of alkyl halides is 3. The van der Waals surface area contributed by atoms with E-state index in [1.165, 1.54) is 12.1 Å². The summed E-state index contributed by atoms with van der Waals surface area (Å²) in [5, 5.41) is 5.50. The first kappa shape index (κ1) is 13.9.